The Kier molecular flexibility index (Phi) is 4.02. The van der Waals surface area contributed by atoms with Crippen LogP contribution in [0.3, 0.4) is 0 Å². The zero-order valence-electron chi connectivity index (χ0n) is 10.7. The largest absolute Gasteiger partial charge is 0.387 e. The second-order valence-corrected chi connectivity index (χ2v) is 4.52. The number of hydrogen-bond acceptors (Lipinski definition) is 3. The molecule has 0 atom stereocenters. The number of nitrogens with one attached hydrogen (secondary N) is 2. The van der Waals surface area contributed by atoms with Gasteiger partial charge in [-0.05, 0) is 37.3 Å². The van der Waals surface area contributed by atoms with Crippen molar-refractivity contribution in [2.75, 3.05) is 17.7 Å². The first-order chi connectivity index (χ1) is 9.10. The van der Waals surface area contributed by atoms with Crippen LogP contribution in [-0.2, 0) is 0 Å². The second kappa shape index (κ2) is 5.71. The van der Waals surface area contributed by atoms with Crippen molar-refractivity contribution in [3.63, 3.8) is 0 Å². The molecule has 1 aromatic carbocycles. The lowest BCUT2D eigenvalue weighted by Crippen LogP contribution is -2.14. The van der Waals surface area contributed by atoms with Crippen molar-refractivity contribution in [1.82, 2.24) is 4.98 Å². The number of pyridine rings is 1. The topological polar surface area (TPSA) is 54.0 Å². The lowest BCUT2D eigenvalue weighted by Gasteiger charge is -2.10. The van der Waals surface area contributed by atoms with Gasteiger partial charge in [-0.15, -0.1) is 0 Å². The number of aryl methyl sites for hydroxylation is 1. The number of hydrogen-bond donors (Lipinski definition) is 2. The normalized spacial score (nSPS) is 10.1. The van der Waals surface area contributed by atoms with Crippen molar-refractivity contribution in [3.05, 3.63) is 52.8 Å². The molecule has 0 fully saturated rings. The zero-order valence-corrected chi connectivity index (χ0v) is 11.5. The third kappa shape index (κ3) is 3.23. The van der Waals surface area contributed by atoms with Crippen LogP contribution in [0.1, 0.15) is 16.1 Å². The molecule has 0 saturated carbocycles. The minimum atomic E-state index is -0.211. The molecule has 1 heterocycles. The van der Waals surface area contributed by atoms with Crippen LogP contribution in [0.5, 0.6) is 0 Å². The maximum Gasteiger partial charge on any atom is 0.257 e. The van der Waals surface area contributed by atoms with E-state index in [0.29, 0.717) is 16.3 Å². The molecule has 0 aliphatic heterocycles. The van der Waals surface area contributed by atoms with Crippen molar-refractivity contribution >= 4 is 28.9 Å². The molecule has 19 heavy (non-hydrogen) atoms. The summed E-state index contributed by atoms with van der Waals surface area (Å²) < 4.78 is 0. The Hall–Kier alpha value is -2.07. The van der Waals surface area contributed by atoms with Gasteiger partial charge >= 0.3 is 0 Å². The molecule has 1 aromatic heterocycles. The van der Waals surface area contributed by atoms with Gasteiger partial charge in [0, 0.05) is 35.3 Å². The van der Waals surface area contributed by atoms with Crippen molar-refractivity contribution in [3.8, 4) is 0 Å². The molecule has 0 unspecified atom stereocenters. The Labute approximate surface area is 116 Å². The minimum Gasteiger partial charge on any atom is -0.387 e. The highest BCUT2D eigenvalue weighted by Gasteiger charge is 2.11. The van der Waals surface area contributed by atoms with E-state index in [1.54, 1.807) is 37.5 Å². The fourth-order valence-electron chi connectivity index (χ4n) is 1.74. The highest BCUT2D eigenvalue weighted by atomic mass is 35.5. The molecule has 5 heteroatoms. The van der Waals surface area contributed by atoms with Gasteiger partial charge in [0.1, 0.15) is 0 Å². The average Bonchev–Trinajstić information content (AvgIpc) is 2.38. The highest BCUT2D eigenvalue weighted by Crippen LogP contribution is 2.21. The number of rotatable bonds is 3. The third-order valence-corrected chi connectivity index (χ3v) is 2.89. The number of benzene rings is 1. The van der Waals surface area contributed by atoms with E-state index in [1.165, 1.54) is 0 Å². The smallest absolute Gasteiger partial charge is 0.257 e. The Balaban J connectivity index is 2.27. The molecular weight excluding hydrogens is 262 g/mol. The predicted octanol–water partition coefficient (Wildman–Crippen LogP) is 3.34. The molecule has 2 rings (SSSR count). The molecule has 2 N–H and O–H groups in total. The van der Waals surface area contributed by atoms with Crippen molar-refractivity contribution in [2.24, 2.45) is 0 Å². The van der Waals surface area contributed by atoms with E-state index in [0.717, 1.165) is 11.4 Å². The van der Waals surface area contributed by atoms with Gasteiger partial charge in [-0.3, -0.25) is 9.78 Å². The van der Waals surface area contributed by atoms with Gasteiger partial charge in [-0.2, -0.15) is 0 Å². The first kappa shape index (κ1) is 13.4. The summed E-state index contributed by atoms with van der Waals surface area (Å²) in [5.41, 5.74) is 2.79. The van der Waals surface area contributed by atoms with Crippen LogP contribution < -0.4 is 10.6 Å². The van der Waals surface area contributed by atoms with Gasteiger partial charge in [-0.25, -0.2) is 0 Å². The van der Waals surface area contributed by atoms with Gasteiger partial charge in [-0.1, -0.05) is 11.6 Å². The highest BCUT2D eigenvalue weighted by molar-refractivity contribution is 6.31. The number of halogens is 1. The van der Waals surface area contributed by atoms with E-state index in [-0.39, 0.29) is 5.91 Å². The number of nitrogens with zero attached hydrogens (tertiary/aromatic N) is 1. The zero-order chi connectivity index (χ0) is 13.8. The summed E-state index contributed by atoms with van der Waals surface area (Å²) in [4.78, 5) is 16.3. The van der Waals surface area contributed by atoms with E-state index < -0.39 is 0 Å². The van der Waals surface area contributed by atoms with E-state index in [1.807, 2.05) is 13.0 Å². The van der Waals surface area contributed by atoms with Crippen molar-refractivity contribution in [2.45, 2.75) is 6.92 Å². The van der Waals surface area contributed by atoms with Gasteiger partial charge in [0.25, 0.3) is 5.91 Å². The van der Waals surface area contributed by atoms with Crippen LogP contribution in [0, 0.1) is 6.92 Å². The molecule has 0 bridgehead atoms. The summed E-state index contributed by atoms with van der Waals surface area (Å²) in [6, 6.07) is 8.70. The maximum atomic E-state index is 12.2. The van der Waals surface area contributed by atoms with E-state index in [2.05, 4.69) is 15.6 Å². The summed E-state index contributed by atoms with van der Waals surface area (Å²) in [7, 11) is 1.76. The Morgan fingerprint density at radius 1 is 1.26 bits per heavy atom. The summed E-state index contributed by atoms with van der Waals surface area (Å²) in [5, 5.41) is 6.32. The summed E-state index contributed by atoms with van der Waals surface area (Å²) in [5.74, 6) is -0.211. The molecule has 0 aliphatic rings. The molecule has 0 aliphatic carbocycles. The summed E-state index contributed by atoms with van der Waals surface area (Å²) >= 11 is 5.93. The van der Waals surface area contributed by atoms with E-state index in [9.17, 15) is 4.79 Å². The average molecular weight is 276 g/mol. The first-order valence-electron chi connectivity index (χ1n) is 5.81. The quantitative estimate of drug-likeness (QED) is 0.903. The first-order valence-corrected chi connectivity index (χ1v) is 6.19. The van der Waals surface area contributed by atoms with Crippen LogP contribution in [-0.4, -0.2) is 17.9 Å². The minimum absolute atomic E-state index is 0.211. The molecular formula is C14H14ClN3O. The lowest BCUT2D eigenvalue weighted by atomic mass is 10.1. The summed E-state index contributed by atoms with van der Waals surface area (Å²) in [6.45, 7) is 1.87. The fourth-order valence-corrected chi connectivity index (χ4v) is 1.92. The van der Waals surface area contributed by atoms with E-state index in [4.69, 9.17) is 11.6 Å². The van der Waals surface area contributed by atoms with Crippen LogP contribution in [0.4, 0.5) is 11.4 Å². The summed E-state index contributed by atoms with van der Waals surface area (Å²) in [6.07, 6.45) is 1.65. The number of carbonyl (C=O) groups is 1. The molecule has 2 aromatic rings. The molecule has 0 spiro atoms. The number of amides is 1. The standard InChI is InChI=1S/C14H14ClN3O/c1-9-7-11(5-6-17-9)18-14(19)12-8-10(15)3-4-13(12)16-2/h3-8,16H,1-2H3,(H,17,18,19). The van der Waals surface area contributed by atoms with Crippen molar-refractivity contribution < 1.29 is 4.79 Å². The second-order valence-electron chi connectivity index (χ2n) is 4.08. The van der Waals surface area contributed by atoms with Gasteiger partial charge < -0.3 is 10.6 Å². The Morgan fingerprint density at radius 2 is 2.05 bits per heavy atom. The molecule has 0 saturated heterocycles. The van der Waals surface area contributed by atoms with Gasteiger partial charge in [0.2, 0.25) is 0 Å². The molecule has 98 valence electrons. The van der Waals surface area contributed by atoms with Crippen LogP contribution in [0.25, 0.3) is 0 Å². The SMILES string of the molecule is CNc1ccc(Cl)cc1C(=O)Nc1ccnc(C)c1. The third-order valence-electron chi connectivity index (χ3n) is 2.65. The van der Waals surface area contributed by atoms with Crippen LogP contribution in [0.15, 0.2) is 36.5 Å². The maximum absolute atomic E-state index is 12.2. The van der Waals surface area contributed by atoms with Crippen LogP contribution in [0.2, 0.25) is 5.02 Å². The van der Waals surface area contributed by atoms with Gasteiger partial charge in [0.05, 0.1) is 5.56 Å². The lowest BCUT2D eigenvalue weighted by molar-refractivity contribution is 0.102. The van der Waals surface area contributed by atoms with E-state index >= 15 is 0 Å². The molecule has 1 amide bonds. The number of anilines is 2. The fraction of sp³-hybridized carbons (Fsp3) is 0.143. The molecule has 4 nitrogen and oxygen atoms in total. The predicted molar refractivity (Wildman–Crippen MR) is 77.9 cm³/mol. The monoisotopic (exact) mass is 275 g/mol. The number of aromatic nitrogens is 1. The van der Waals surface area contributed by atoms with Crippen LogP contribution >= 0.6 is 11.6 Å². The van der Waals surface area contributed by atoms with Gasteiger partial charge in [0.15, 0.2) is 0 Å². The Morgan fingerprint density at radius 3 is 2.74 bits per heavy atom. The molecule has 0 radical (unpaired) electrons. The number of carbonyl (C=O) groups excluding carboxylic acids is 1. The Bertz CT molecular complexity index is 613. The van der Waals surface area contributed by atoms with Crippen molar-refractivity contribution in [1.29, 1.82) is 0 Å².